The van der Waals surface area contributed by atoms with Crippen LogP contribution in [0.4, 0.5) is 11.5 Å². The molecule has 1 aromatic heterocycles. The minimum Gasteiger partial charge on any atom is -0.355 e. The summed E-state index contributed by atoms with van der Waals surface area (Å²) in [6.45, 7) is 1.98. The summed E-state index contributed by atoms with van der Waals surface area (Å²) in [5.41, 5.74) is 0.705. The Labute approximate surface area is 119 Å². The lowest BCUT2D eigenvalue weighted by Gasteiger charge is -2.19. The van der Waals surface area contributed by atoms with Gasteiger partial charge < -0.3 is 10.2 Å². The van der Waals surface area contributed by atoms with Crippen molar-refractivity contribution < 1.29 is 4.79 Å². The molecule has 1 aliphatic heterocycles. The number of hydrogen-bond acceptors (Lipinski definition) is 4. The van der Waals surface area contributed by atoms with Gasteiger partial charge in [0.25, 0.3) is 0 Å². The Morgan fingerprint density at radius 1 is 1.40 bits per heavy atom. The quantitative estimate of drug-likeness (QED) is 0.637. The first-order valence-electron chi connectivity index (χ1n) is 7.09. The zero-order valence-corrected chi connectivity index (χ0v) is 11.6. The second-order valence-electron chi connectivity index (χ2n) is 4.91. The molecule has 0 aromatic carbocycles. The number of anilines is 2. The van der Waals surface area contributed by atoms with Crippen LogP contribution in [0, 0.1) is 12.3 Å². The lowest BCUT2D eigenvalue weighted by Crippen LogP contribution is -2.22. The average molecular weight is 272 g/mol. The molecule has 1 aromatic rings. The SMILES string of the molecule is C#CCCCCC(=O)Nc1cncnc1N1CCCC1. The summed E-state index contributed by atoms with van der Waals surface area (Å²) in [6.07, 6.45) is 13.6. The number of unbranched alkanes of at least 4 members (excludes halogenated alkanes) is 2. The molecule has 2 rings (SSSR count). The fourth-order valence-electron chi connectivity index (χ4n) is 2.32. The van der Waals surface area contributed by atoms with E-state index in [4.69, 9.17) is 6.42 Å². The number of carbonyl (C=O) groups is 1. The summed E-state index contributed by atoms with van der Waals surface area (Å²) in [7, 11) is 0. The average Bonchev–Trinajstić information content (AvgIpc) is 2.98. The van der Waals surface area contributed by atoms with Gasteiger partial charge in [0, 0.05) is 25.9 Å². The van der Waals surface area contributed by atoms with Gasteiger partial charge >= 0.3 is 0 Å². The molecule has 0 spiro atoms. The summed E-state index contributed by atoms with van der Waals surface area (Å²) < 4.78 is 0. The van der Waals surface area contributed by atoms with Gasteiger partial charge in [-0.2, -0.15) is 0 Å². The van der Waals surface area contributed by atoms with Crippen LogP contribution < -0.4 is 10.2 Å². The zero-order valence-electron chi connectivity index (χ0n) is 11.6. The monoisotopic (exact) mass is 272 g/mol. The van der Waals surface area contributed by atoms with E-state index < -0.39 is 0 Å². The molecule has 0 aliphatic carbocycles. The summed E-state index contributed by atoms with van der Waals surface area (Å²) in [5, 5.41) is 2.91. The van der Waals surface area contributed by atoms with Crippen molar-refractivity contribution in [1.82, 2.24) is 9.97 Å². The molecule has 1 amide bonds. The molecule has 0 unspecified atom stereocenters. The molecule has 20 heavy (non-hydrogen) atoms. The van der Waals surface area contributed by atoms with E-state index in [2.05, 4.69) is 26.1 Å². The Kier molecular flexibility index (Phi) is 5.36. The van der Waals surface area contributed by atoms with Crippen molar-refractivity contribution in [3.8, 4) is 12.3 Å². The molecular weight excluding hydrogens is 252 g/mol. The molecular formula is C15H20N4O. The van der Waals surface area contributed by atoms with Crippen molar-refractivity contribution in [2.45, 2.75) is 38.5 Å². The van der Waals surface area contributed by atoms with Crippen molar-refractivity contribution in [2.75, 3.05) is 23.3 Å². The molecule has 1 fully saturated rings. The third-order valence-corrected chi connectivity index (χ3v) is 3.35. The molecule has 1 N–H and O–H groups in total. The smallest absolute Gasteiger partial charge is 0.224 e. The summed E-state index contributed by atoms with van der Waals surface area (Å²) in [5.74, 6) is 3.40. The Bertz CT molecular complexity index is 489. The van der Waals surface area contributed by atoms with E-state index in [-0.39, 0.29) is 5.91 Å². The first-order valence-corrected chi connectivity index (χ1v) is 7.09. The molecule has 106 valence electrons. The van der Waals surface area contributed by atoms with Crippen LogP contribution in [0.25, 0.3) is 0 Å². The molecule has 1 aliphatic rings. The maximum Gasteiger partial charge on any atom is 0.224 e. The highest BCUT2D eigenvalue weighted by molar-refractivity contribution is 5.93. The summed E-state index contributed by atoms with van der Waals surface area (Å²) >= 11 is 0. The van der Waals surface area contributed by atoms with E-state index in [1.165, 1.54) is 19.2 Å². The van der Waals surface area contributed by atoms with E-state index in [9.17, 15) is 4.79 Å². The third-order valence-electron chi connectivity index (χ3n) is 3.35. The predicted molar refractivity (Wildman–Crippen MR) is 79.4 cm³/mol. The fourth-order valence-corrected chi connectivity index (χ4v) is 2.32. The first-order chi connectivity index (χ1) is 9.81. The lowest BCUT2D eigenvalue weighted by molar-refractivity contribution is -0.116. The number of amides is 1. The van der Waals surface area contributed by atoms with Crippen LogP contribution in [0.2, 0.25) is 0 Å². The maximum atomic E-state index is 11.9. The minimum absolute atomic E-state index is 0.00253. The van der Waals surface area contributed by atoms with Crippen LogP contribution in [0.1, 0.15) is 38.5 Å². The number of nitrogens with one attached hydrogen (secondary N) is 1. The Morgan fingerprint density at radius 2 is 2.20 bits per heavy atom. The number of rotatable bonds is 6. The van der Waals surface area contributed by atoms with Gasteiger partial charge in [-0.25, -0.2) is 9.97 Å². The second-order valence-corrected chi connectivity index (χ2v) is 4.91. The highest BCUT2D eigenvalue weighted by atomic mass is 16.1. The topological polar surface area (TPSA) is 58.1 Å². The minimum atomic E-state index is -0.00253. The summed E-state index contributed by atoms with van der Waals surface area (Å²) in [6, 6.07) is 0. The van der Waals surface area contributed by atoms with E-state index in [1.54, 1.807) is 6.20 Å². The lowest BCUT2D eigenvalue weighted by atomic mass is 10.2. The second kappa shape index (κ2) is 7.49. The molecule has 2 heterocycles. The van der Waals surface area contributed by atoms with E-state index in [1.807, 2.05) is 0 Å². The number of carbonyl (C=O) groups excluding carboxylic acids is 1. The Hall–Kier alpha value is -2.09. The molecule has 0 atom stereocenters. The standard InChI is InChI=1S/C15H20N4O/c1-2-3-4-5-8-14(20)18-13-11-16-12-17-15(13)19-9-6-7-10-19/h1,11-12H,3-10H2,(H,18,20). The van der Waals surface area contributed by atoms with Crippen molar-refractivity contribution in [3.05, 3.63) is 12.5 Å². The van der Waals surface area contributed by atoms with E-state index in [0.717, 1.165) is 38.2 Å². The summed E-state index contributed by atoms with van der Waals surface area (Å²) in [4.78, 5) is 22.4. The molecule has 5 heteroatoms. The number of terminal acetylenes is 1. The van der Waals surface area contributed by atoms with Crippen LogP contribution in [0.15, 0.2) is 12.5 Å². The van der Waals surface area contributed by atoms with Crippen LogP contribution in [-0.4, -0.2) is 29.0 Å². The molecule has 1 saturated heterocycles. The van der Waals surface area contributed by atoms with Crippen LogP contribution in [-0.2, 0) is 4.79 Å². The number of aromatic nitrogens is 2. The highest BCUT2D eigenvalue weighted by Crippen LogP contribution is 2.25. The molecule has 0 saturated carbocycles. The van der Waals surface area contributed by atoms with Gasteiger partial charge in [0.15, 0.2) is 5.82 Å². The Balaban J connectivity index is 1.91. The van der Waals surface area contributed by atoms with Gasteiger partial charge in [-0.1, -0.05) is 0 Å². The van der Waals surface area contributed by atoms with Crippen molar-refractivity contribution in [2.24, 2.45) is 0 Å². The van der Waals surface area contributed by atoms with Crippen molar-refractivity contribution in [3.63, 3.8) is 0 Å². The van der Waals surface area contributed by atoms with Gasteiger partial charge in [-0.3, -0.25) is 4.79 Å². The van der Waals surface area contributed by atoms with Crippen molar-refractivity contribution in [1.29, 1.82) is 0 Å². The largest absolute Gasteiger partial charge is 0.355 e. The fraction of sp³-hybridized carbons (Fsp3) is 0.533. The molecule has 0 radical (unpaired) electrons. The predicted octanol–water partition coefficient (Wildman–Crippen LogP) is 2.21. The zero-order chi connectivity index (χ0) is 14.2. The van der Waals surface area contributed by atoms with Gasteiger partial charge in [0.05, 0.1) is 6.20 Å². The maximum absolute atomic E-state index is 11.9. The van der Waals surface area contributed by atoms with Gasteiger partial charge in [-0.15, -0.1) is 12.3 Å². The first kappa shape index (κ1) is 14.3. The van der Waals surface area contributed by atoms with Crippen LogP contribution >= 0.6 is 0 Å². The van der Waals surface area contributed by atoms with Crippen LogP contribution in [0.3, 0.4) is 0 Å². The third kappa shape index (κ3) is 3.95. The molecule has 5 nitrogen and oxygen atoms in total. The van der Waals surface area contributed by atoms with Gasteiger partial charge in [0.2, 0.25) is 5.91 Å². The van der Waals surface area contributed by atoms with Gasteiger partial charge in [0.1, 0.15) is 12.0 Å². The van der Waals surface area contributed by atoms with E-state index >= 15 is 0 Å². The van der Waals surface area contributed by atoms with Gasteiger partial charge in [-0.05, 0) is 25.7 Å². The van der Waals surface area contributed by atoms with E-state index in [0.29, 0.717) is 12.1 Å². The highest BCUT2D eigenvalue weighted by Gasteiger charge is 2.18. The number of hydrogen-bond donors (Lipinski definition) is 1. The Morgan fingerprint density at radius 3 is 2.95 bits per heavy atom. The molecule has 0 bridgehead atoms. The number of nitrogens with zero attached hydrogens (tertiary/aromatic N) is 3. The normalized spacial score (nSPS) is 14.1. The van der Waals surface area contributed by atoms with Crippen LogP contribution in [0.5, 0.6) is 0 Å². The van der Waals surface area contributed by atoms with Crippen molar-refractivity contribution >= 4 is 17.4 Å².